The van der Waals surface area contributed by atoms with E-state index in [-0.39, 0.29) is 5.97 Å². The van der Waals surface area contributed by atoms with Gasteiger partial charge in [-0.05, 0) is 36.8 Å². The summed E-state index contributed by atoms with van der Waals surface area (Å²) in [6.07, 6.45) is 3.19. The van der Waals surface area contributed by atoms with Gasteiger partial charge in [0.2, 0.25) is 0 Å². The van der Waals surface area contributed by atoms with Gasteiger partial charge in [0.15, 0.2) is 0 Å². The highest BCUT2D eigenvalue weighted by molar-refractivity contribution is 6.05. The van der Waals surface area contributed by atoms with Gasteiger partial charge in [-0.1, -0.05) is 24.3 Å². The maximum absolute atomic E-state index is 11.3. The van der Waals surface area contributed by atoms with Crippen LogP contribution in [-0.4, -0.2) is 12.6 Å². The minimum atomic E-state index is -0.329. The maximum Gasteiger partial charge on any atom is 0.330 e. The molecule has 3 heteroatoms. The summed E-state index contributed by atoms with van der Waals surface area (Å²) in [6.45, 7) is 2.17. The Bertz CT molecular complexity index is 796. The molecule has 2 aromatic carbocycles. The smallest absolute Gasteiger partial charge is 0.330 e. The Morgan fingerprint density at radius 1 is 1.15 bits per heavy atom. The van der Waals surface area contributed by atoms with Crippen LogP contribution in [0.2, 0.25) is 0 Å². The third-order valence-electron chi connectivity index (χ3n) is 3.10. The van der Waals surface area contributed by atoms with Crippen LogP contribution in [0.25, 0.3) is 28.0 Å². The lowest BCUT2D eigenvalue weighted by Gasteiger charge is -1.96. The molecule has 0 aliphatic carbocycles. The Morgan fingerprint density at radius 3 is 2.80 bits per heavy atom. The molecule has 20 heavy (non-hydrogen) atoms. The zero-order chi connectivity index (χ0) is 13.9. The predicted molar refractivity (Wildman–Crippen MR) is 79.4 cm³/mol. The summed E-state index contributed by atoms with van der Waals surface area (Å²) in [6, 6.07) is 13.8. The van der Waals surface area contributed by atoms with Crippen molar-refractivity contribution < 1.29 is 13.9 Å². The fraction of sp³-hybridized carbons (Fsp3) is 0.118. The minimum Gasteiger partial charge on any atom is -0.463 e. The van der Waals surface area contributed by atoms with Gasteiger partial charge in [-0.2, -0.15) is 0 Å². The lowest BCUT2D eigenvalue weighted by Crippen LogP contribution is -1.98. The van der Waals surface area contributed by atoms with Gasteiger partial charge in [0.05, 0.1) is 6.61 Å². The van der Waals surface area contributed by atoms with Gasteiger partial charge >= 0.3 is 5.97 Å². The van der Waals surface area contributed by atoms with E-state index in [4.69, 9.17) is 9.15 Å². The molecule has 0 saturated carbocycles. The molecule has 0 N–H and O–H groups in total. The van der Waals surface area contributed by atoms with E-state index in [1.165, 1.54) is 6.08 Å². The number of carbonyl (C=O) groups is 1. The second-order valence-electron chi connectivity index (χ2n) is 4.44. The first kappa shape index (κ1) is 12.5. The lowest BCUT2D eigenvalue weighted by atomic mass is 10.1. The lowest BCUT2D eigenvalue weighted by molar-refractivity contribution is -0.137. The van der Waals surface area contributed by atoms with Gasteiger partial charge in [0.1, 0.15) is 11.2 Å². The Labute approximate surface area is 116 Å². The largest absolute Gasteiger partial charge is 0.463 e. The number of benzene rings is 2. The van der Waals surface area contributed by atoms with Gasteiger partial charge in [-0.25, -0.2) is 4.79 Å². The topological polar surface area (TPSA) is 39.4 Å². The first-order valence-corrected chi connectivity index (χ1v) is 6.54. The standard InChI is InChI=1S/C17H14O3/c1-2-19-17(18)10-8-12-7-9-16-14(11-12)13-5-3-4-6-15(13)20-16/h3-11H,2H2,1H3. The predicted octanol–water partition coefficient (Wildman–Crippen LogP) is 4.16. The molecule has 0 radical (unpaired) electrons. The van der Waals surface area contributed by atoms with Gasteiger partial charge in [0, 0.05) is 16.8 Å². The van der Waals surface area contributed by atoms with Crippen LogP contribution >= 0.6 is 0 Å². The van der Waals surface area contributed by atoms with Crippen molar-refractivity contribution in [3.05, 3.63) is 54.1 Å². The van der Waals surface area contributed by atoms with E-state index in [1.54, 1.807) is 13.0 Å². The van der Waals surface area contributed by atoms with Gasteiger partial charge in [-0.15, -0.1) is 0 Å². The molecule has 0 spiro atoms. The summed E-state index contributed by atoms with van der Waals surface area (Å²) in [4.78, 5) is 11.3. The van der Waals surface area contributed by atoms with Crippen LogP contribution in [0.15, 0.2) is 53.0 Å². The fourth-order valence-electron chi connectivity index (χ4n) is 2.20. The number of hydrogen-bond donors (Lipinski definition) is 0. The molecule has 3 aromatic rings. The number of fused-ring (bicyclic) bond motifs is 3. The van der Waals surface area contributed by atoms with Crippen LogP contribution in [0.4, 0.5) is 0 Å². The first-order chi connectivity index (χ1) is 9.78. The van der Waals surface area contributed by atoms with Crippen LogP contribution in [0.3, 0.4) is 0 Å². The molecule has 3 rings (SSSR count). The van der Waals surface area contributed by atoms with Crippen molar-refractivity contribution in [3.63, 3.8) is 0 Å². The van der Waals surface area contributed by atoms with Crippen LogP contribution in [0.5, 0.6) is 0 Å². The monoisotopic (exact) mass is 266 g/mol. The van der Waals surface area contributed by atoms with E-state index in [1.807, 2.05) is 42.5 Å². The van der Waals surface area contributed by atoms with Crippen LogP contribution in [0, 0.1) is 0 Å². The Kier molecular flexibility index (Phi) is 3.25. The number of furan rings is 1. The number of carbonyl (C=O) groups excluding carboxylic acids is 1. The fourth-order valence-corrected chi connectivity index (χ4v) is 2.20. The molecule has 1 heterocycles. The van der Waals surface area contributed by atoms with Crippen molar-refractivity contribution in [2.24, 2.45) is 0 Å². The van der Waals surface area contributed by atoms with Crippen molar-refractivity contribution >= 4 is 34.0 Å². The summed E-state index contributed by atoms with van der Waals surface area (Å²) in [5.74, 6) is -0.329. The van der Waals surface area contributed by atoms with Crippen molar-refractivity contribution in [2.45, 2.75) is 6.92 Å². The summed E-state index contributed by atoms with van der Waals surface area (Å²) < 4.78 is 10.6. The van der Waals surface area contributed by atoms with Crippen LogP contribution in [-0.2, 0) is 9.53 Å². The average Bonchev–Trinajstić information content (AvgIpc) is 2.83. The second kappa shape index (κ2) is 5.21. The Hall–Kier alpha value is -2.55. The first-order valence-electron chi connectivity index (χ1n) is 6.54. The molecule has 0 bridgehead atoms. The van der Waals surface area contributed by atoms with Gasteiger partial charge in [0.25, 0.3) is 0 Å². The van der Waals surface area contributed by atoms with Crippen molar-refractivity contribution in [1.29, 1.82) is 0 Å². The van der Waals surface area contributed by atoms with Crippen LogP contribution in [0.1, 0.15) is 12.5 Å². The zero-order valence-electron chi connectivity index (χ0n) is 11.1. The summed E-state index contributed by atoms with van der Waals surface area (Å²) in [7, 11) is 0. The van der Waals surface area contributed by atoms with E-state index in [0.29, 0.717) is 6.61 Å². The molecule has 1 aromatic heterocycles. The number of hydrogen-bond acceptors (Lipinski definition) is 3. The average molecular weight is 266 g/mol. The van der Waals surface area contributed by atoms with E-state index < -0.39 is 0 Å². The molecular weight excluding hydrogens is 252 g/mol. The third-order valence-corrected chi connectivity index (χ3v) is 3.10. The second-order valence-corrected chi connectivity index (χ2v) is 4.44. The van der Waals surface area contributed by atoms with Gasteiger partial charge < -0.3 is 9.15 Å². The minimum absolute atomic E-state index is 0.329. The normalized spacial score (nSPS) is 11.4. The SMILES string of the molecule is CCOC(=O)C=Cc1ccc2oc3ccccc3c2c1. The van der Waals surface area contributed by atoms with Gasteiger partial charge in [-0.3, -0.25) is 0 Å². The van der Waals surface area contributed by atoms with Crippen LogP contribution < -0.4 is 0 Å². The highest BCUT2D eigenvalue weighted by Gasteiger charge is 2.06. The van der Waals surface area contributed by atoms with E-state index >= 15 is 0 Å². The third kappa shape index (κ3) is 2.30. The van der Waals surface area contributed by atoms with E-state index in [9.17, 15) is 4.79 Å². The molecule has 3 nitrogen and oxygen atoms in total. The van der Waals surface area contributed by atoms with E-state index in [0.717, 1.165) is 27.5 Å². The zero-order valence-corrected chi connectivity index (χ0v) is 11.1. The summed E-state index contributed by atoms with van der Waals surface area (Å²) >= 11 is 0. The quantitative estimate of drug-likeness (QED) is 0.527. The highest BCUT2D eigenvalue weighted by Crippen LogP contribution is 2.29. The number of rotatable bonds is 3. The molecule has 0 amide bonds. The number of esters is 1. The van der Waals surface area contributed by atoms with Crippen molar-refractivity contribution in [3.8, 4) is 0 Å². The molecule has 0 saturated heterocycles. The molecule has 0 unspecified atom stereocenters. The number of para-hydroxylation sites is 1. The highest BCUT2D eigenvalue weighted by atomic mass is 16.5. The molecule has 0 aliphatic rings. The van der Waals surface area contributed by atoms with E-state index in [2.05, 4.69) is 0 Å². The summed E-state index contributed by atoms with van der Waals surface area (Å²) in [5.41, 5.74) is 2.66. The Balaban J connectivity index is 2.01. The summed E-state index contributed by atoms with van der Waals surface area (Å²) in [5, 5.41) is 2.13. The van der Waals surface area contributed by atoms with Crippen molar-refractivity contribution in [1.82, 2.24) is 0 Å². The molecular formula is C17H14O3. The molecule has 0 aliphatic heterocycles. The maximum atomic E-state index is 11.3. The Morgan fingerprint density at radius 2 is 1.95 bits per heavy atom. The number of ether oxygens (including phenoxy) is 1. The molecule has 100 valence electrons. The molecule has 0 atom stereocenters. The van der Waals surface area contributed by atoms with Crippen molar-refractivity contribution in [2.75, 3.05) is 6.61 Å². The molecule has 0 fully saturated rings.